The normalized spacial score (nSPS) is 11.2. The Balaban J connectivity index is 2.95. The summed E-state index contributed by atoms with van der Waals surface area (Å²) in [5.41, 5.74) is 12.4. The molecule has 2 aromatic rings. The van der Waals surface area contributed by atoms with Gasteiger partial charge in [-0.3, -0.25) is 0 Å². The Bertz CT molecular complexity index is 649. The van der Waals surface area contributed by atoms with E-state index in [-0.39, 0.29) is 0 Å². The molecule has 0 spiro atoms. The van der Waals surface area contributed by atoms with Gasteiger partial charge in [0.2, 0.25) is 5.69 Å². The molecular weight excluding hydrogens is 244 g/mol. The molecule has 2 heteroatoms. The topological polar surface area (TPSA) is 8.81 Å². The molecule has 108 valence electrons. The lowest BCUT2D eigenvalue weighted by atomic mass is 9.93. The second-order valence-corrected chi connectivity index (χ2v) is 6.10. The summed E-state index contributed by atoms with van der Waals surface area (Å²) in [4.78, 5) is 0. The molecule has 0 aliphatic carbocycles. The van der Waals surface area contributed by atoms with Gasteiger partial charge < -0.3 is 0 Å². The summed E-state index contributed by atoms with van der Waals surface area (Å²) in [6.45, 7) is 17.8. The third-order valence-electron chi connectivity index (χ3n) is 5.36. The molecule has 2 rings (SSSR count). The number of hydrogen-bond donors (Lipinski definition) is 0. The number of benzene rings is 1. The Hall–Kier alpha value is -1.57. The van der Waals surface area contributed by atoms with Gasteiger partial charge in [0.05, 0.1) is 5.69 Å². The van der Waals surface area contributed by atoms with Crippen molar-refractivity contribution in [2.24, 2.45) is 7.05 Å². The monoisotopic (exact) mass is 271 g/mol. The molecule has 0 fully saturated rings. The van der Waals surface area contributed by atoms with Crippen LogP contribution >= 0.6 is 0 Å². The summed E-state index contributed by atoms with van der Waals surface area (Å²) in [5.74, 6) is 0. The highest BCUT2D eigenvalue weighted by molar-refractivity contribution is 5.57. The largest absolute Gasteiger partial charge is 0.208 e. The Morgan fingerprint density at radius 3 is 1.35 bits per heavy atom. The molecule has 0 aliphatic rings. The first-order valence-electron chi connectivity index (χ1n) is 7.32. The Morgan fingerprint density at radius 1 is 0.600 bits per heavy atom. The van der Waals surface area contributed by atoms with Crippen molar-refractivity contribution in [1.82, 2.24) is 4.68 Å². The molecule has 0 bridgehead atoms. The molecule has 20 heavy (non-hydrogen) atoms. The quantitative estimate of drug-likeness (QED) is 0.698. The first-order chi connectivity index (χ1) is 9.20. The fourth-order valence-corrected chi connectivity index (χ4v) is 3.15. The zero-order valence-corrected chi connectivity index (χ0v) is 14.4. The molecular formula is C18H27N2+. The van der Waals surface area contributed by atoms with Gasteiger partial charge in [-0.05, 0) is 76.3 Å². The highest BCUT2D eigenvalue weighted by atomic mass is 15.4. The maximum atomic E-state index is 2.37. The van der Waals surface area contributed by atoms with Crippen LogP contribution in [-0.2, 0) is 7.05 Å². The van der Waals surface area contributed by atoms with Crippen LogP contribution in [0.4, 0.5) is 0 Å². The predicted octanol–water partition coefficient (Wildman–Crippen LogP) is 3.77. The fourth-order valence-electron chi connectivity index (χ4n) is 3.15. The van der Waals surface area contributed by atoms with Crippen LogP contribution in [0.15, 0.2) is 0 Å². The van der Waals surface area contributed by atoms with Crippen molar-refractivity contribution in [2.75, 3.05) is 0 Å². The highest BCUT2D eigenvalue weighted by Gasteiger charge is 2.24. The zero-order valence-electron chi connectivity index (χ0n) is 14.4. The predicted molar refractivity (Wildman–Crippen MR) is 84.8 cm³/mol. The van der Waals surface area contributed by atoms with Crippen molar-refractivity contribution < 1.29 is 4.68 Å². The minimum atomic E-state index is 1.33. The molecule has 1 heterocycles. The first-order valence-corrected chi connectivity index (χ1v) is 7.32. The van der Waals surface area contributed by atoms with Gasteiger partial charge in [0.25, 0.3) is 0 Å². The maximum Gasteiger partial charge on any atom is 0.208 e. The van der Waals surface area contributed by atoms with E-state index >= 15 is 0 Å². The highest BCUT2D eigenvalue weighted by Crippen LogP contribution is 2.29. The number of hydrogen-bond acceptors (Lipinski definition) is 0. The van der Waals surface area contributed by atoms with Crippen LogP contribution in [0.5, 0.6) is 0 Å². The van der Waals surface area contributed by atoms with Gasteiger partial charge >= 0.3 is 0 Å². The van der Waals surface area contributed by atoms with Gasteiger partial charge in [0.15, 0.2) is 7.05 Å². The smallest absolute Gasteiger partial charge is 0.125 e. The van der Waals surface area contributed by atoms with Gasteiger partial charge in [-0.1, -0.05) is 0 Å². The fraction of sp³-hybridized carbons (Fsp3) is 0.500. The molecule has 0 atom stereocenters. The summed E-state index contributed by atoms with van der Waals surface area (Å²) in [6, 6.07) is 0. The van der Waals surface area contributed by atoms with Crippen molar-refractivity contribution >= 4 is 0 Å². The van der Waals surface area contributed by atoms with Crippen molar-refractivity contribution in [1.29, 1.82) is 0 Å². The van der Waals surface area contributed by atoms with E-state index in [1.807, 2.05) is 0 Å². The van der Waals surface area contributed by atoms with Crippen LogP contribution in [0, 0.1) is 55.4 Å². The number of nitrogens with zero attached hydrogens (tertiary/aromatic N) is 2. The summed E-state index contributed by atoms with van der Waals surface area (Å²) >= 11 is 0. The summed E-state index contributed by atoms with van der Waals surface area (Å²) in [7, 11) is 2.15. The lowest BCUT2D eigenvalue weighted by Crippen LogP contribution is -2.41. The molecule has 1 aromatic carbocycles. The van der Waals surface area contributed by atoms with E-state index in [2.05, 4.69) is 71.8 Å². The summed E-state index contributed by atoms with van der Waals surface area (Å²) < 4.78 is 4.64. The third-order valence-corrected chi connectivity index (χ3v) is 5.36. The van der Waals surface area contributed by atoms with Crippen LogP contribution < -0.4 is 4.68 Å². The van der Waals surface area contributed by atoms with E-state index in [9.17, 15) is 0 Å². The second-order valence-electron chi connectivity index (χ2n) is 6.10. The summed E-state index contributed by atoms with van der Waals surface area (Å²) in [6.07, 6.45) is 0. The molecule has 0 saturated carbocycles. The maximum absolute atomic E-state index is 2.37. The van der Waals surface area contributed by atoms with Gasteiger partial charge in [-0.15, -0.1) is 9.36 Å². The molecule has 2 nitrogen and oxygen atoms in total. The average Bonchev–Trinajstić information content (AvgIpc) is 2.61. The zero-order chi connectivity index (χ0) is 15.4. The number of rotatable bonds is 1. The van der Waals surface area contributed by atoms with Crippen LogP contribution in [0.3, 0.4) is 0 Å². The molecule has 0 radical (unpaired) electrons. The van der Waals surface area contributed by atoms with Crippen molar-refractivity contribution in [3.8, 4) is 5.69 Å². The van der Waals surface area contributed by atoms with E-state index in [0.717, 1.165) is 0 Å². The molecule has 0 aliphatic heterocycles. The van der Waals surface area contributed by atoms with E-state index < -0.39 is 0 Å². The van der Waals surface area contributed by atoms with Gasteiger partial charge in [0.1, 0.15) is 5.69 Å². The van der Waals surface area contributed by atoms with Gasteiger partial charge in [-0.2, -0.15) is 0 Å². The Morgan fingerprint density at radius 2 is 1.00 bits per heavy atom. The van der Waals surface area contributed by atoms with Crippen molar-refractivity contribution in [3.63, 3.8) is 0 Å². The van der Waals surface area contributed by atoms with E-state index in [1.54, 1.807) is 0 Å². The Kier molecular flexibility index (Phi) is 3.53. The van der Waals surface area contributed by atoms with E-state index in [0.29, 0.717) is 0 Å². The van der Waals surface area contributed by atoms with Crippen LogP contribution in [0.25, 0.3) is 5.69 Å². The number of aromatic nitrogens is 2. The summed E-state index contributed by atoms with van der Waals surface area (Å²) in [5, 5.41) is 0. The first kappa shape index (κ1) is 14.8. The van der Waals surface area contributed by atoms with Crippen molar-refractivity contribution in [2.45, 2.75) is 55.4 Å². The second kappa shape index (κ2) is 4.76. The third kappa shape index (κ3) is 1.81. The lowest BCUT2D eigenvalue weighted by Gasteiger charge is -2.18. The van der Waals surface area contributed by atoms with Gasteiger partial charge in [-0.25, -0.2) is 0 Å². The molecule has 0 N–H and O–H groups in total. The lowest BCUT2D eigenvalue weighted by molar-refractivity contribution is -0.750. The molecule has 0 unspecified atom stereocenters. The van der Waals surface area contributed by atoms with Crippen LogP contribution in [0.2, 0.25) is 0 Å². The van der Waals surface area contributed by atoms with Crippen molar-refractivity contribution in [3.05, 3.63) is 44.8 Å². The molecule has 0 amide bonds. The van der Waals surface area contributed by atoms with E-state index in [4.69, 9.17) is 0 Å². The van der Waals surface area contributed by atoms with Gasteiger partial charge in [0, 0.05) is 12.5 Å². The van der Waals surface area contributed by atoms with E-state index in [1.165, 1.54) is 50.5 Å². The molecule has 0 saturated heterocycles. The van der Waals surface area contributed by atoms with Crippen LogP contribution in [0.1, 0.15) is 44.8 Å². The average molecular weight is 271 g/mol. The minimum Gasteiger partial charge on any atom is -0.125 e. The molecule has 1 aromatic heterocycles. The standard InChI is InChI=1S/C18H27N2/c1-10-11(2)13(4)18(14(5)12(10)3)20-17(8)15(6)16(7)19(20)9/h1-9H3/q+1. The Labute approximate surface area is 123 Å². The minimum absolute atomic E-state index is 1.33. The SMILES string of the molecule is Cc1c(C)c(C)c(-n2c(C)c(C)c(C)[n+]2C)c(C)c1C. The van der Waals surface area contributed by atoms with Crippen LogP contribution in [-0.4, -0.2) is 4.68 Å².